The minimum absolute atomic E-state index is 0.307. The molecule has 0 bridgehead atoms. The van der Waals surface area contributed by atoms with Crippen LogP contribution >= 0.6 is 0 Å². The molecule has 4 heteroatoms. The number of hydrogen-bond acceptors (Lipinski definition) is 4. The van der Waals surface area contributed by atoms with Crippen molar-refractivity contribution >= 4 is 0 Å². The van der Waals surface area contributed by atoms with Gasteiger partial charge in [0.05, 0.1) is 32.0 Å². The van der Waals surface area contributed by atoms with Crippen molar-refractivity contribution in [2.24, 2.45) is 0 Å². The Labute approximate surface area is 119 Å². The zero-order valence-corrected chi connectivity index (χ0v) is 11.5. The molecule has 0 aliphatic carbocycles. The summed E-state index contributed by atoms with van der Waals surface area (Å²) in [5.74, 6) is 1.46. The van der Waals surface area contributed by atoms with Gasteiger partial charge in [-0.05, 0) is 36.5 Å². The zero-order chi connectivity index (χ0) is 13.4. The normalized spacial score (nSPS) is 31.7. The van der Waals surface area contributed by atoms with Crippen LogP contribution in [0.1, 0.15) is 24.3 Å². The zero-order valence-electron chi connectivity index (χ0n) is 11.5. The van der Waals surface area contributed by atoms with Crippen LogP contribution < -0.4 is 4.74 Å². The Hall–Kier alpha value is -1.10. The molecule has 0 radical (unpaired) electrons. The lowest BCUT2D eigenvalue weighted by Gasteiger charge is -2.16. The maximum atomic E-state index is 5.68. The van der Waals surface area contributed by atoms with E-state index in [0.717, 1.165) is 38.4 Å². The van der Waals surface area contributed by atoms with Crippen molar-refractivity contribution in [3.8, 4) is 5.75 Å². The standard InChI is InChI=1S/C16H20O4/c1-3-13(17-9-16-10-20-16)4-2-11(1)12(5-14-7-18-14)6-15-8-19-15/h1-4,12,14-16H,5-10H2. The molecule has 20 heavy (non-hydrogen) atoms. The summed E-state index contributed by atoms with van der Waals surface area (Å²) in [7, 11) is 0. The minimum Gasteiger partial charge on any atom is -0.491 e. The van der Waals surface area contributed by atoms with E-state index in [2.05, 4.69) is 24.3 Å². The fourth-order valence-electron chi connectivity index (χ4n) is 2.60. The van der Waals surface area contributed by atoms with Crippen LogP contribution in [0.4, 0.5) is 0 Å². The van der Waals surface area contributed by atoms with Crippen molar-refractivity contribution in [1.82, 2.24) is 0 Å². The van der Waals surface area contributed by atoms with E-state index in [1.807, 2.05) is 0 Å². The first-order valence-electron chi connectivity index (χ1n) is 7.44. The molecule has 0 spiro atoms. The third-order valence-electron chi connectivity index (χ3n) is 4.09. The highest BCUT2D eigenvalue weighted by molar-refractivity contribution is 5.30. The fourth-order valence-corrected chi connectivity index (χ4v) is 2.60. The van der Waals surface area contributed by atoms with E-state index >= 15 is 0 Å². The Balaban J connectivity index is 1.38. The van der Waals surface area contributed by atoms with Crippen LogP contribution in [0.2, 0.25) is 0 Å². The Morgan fingerprint density at radius 3 is 1.95 bits per heavy atom. The molecule has 3 unspecified atom stereocenters. The third kappa shape index (κ3) is 3.51. The van der Waals surface area contributed by atoms with Gasteiger partial charge in [-0.25, -0.2) is 0 Å². The van der Waals surface area contributed by atoms with Crippen molar-refractivity contribution in [2.75, 3.05) is 26.4 Å². The van der Waals surface area contributed by atoms with Gasteiger partial charge < -0.3 is 18.9 Å². The summed E-state index contributed by atoms with van der Waals surface area (Å²) in [4.78, 5) is 0. The van der Waals surface area contributed by atoms with Crippen molar-refractivity contribution in [2.45, 2.75) is 37.1 Å². The Bertz CT molecular complexity index is 432. The Morgan fingerprint density at radius 2 is 1.45 bits per heavy atom. The fraction of sp³-hybridized carbons (Fsp3) is 0.625. The first-order chi connectivity index (χ1) is 9.87. The van der Waals surface area contributed by atoms with Gasteiger partial charge in [-0.2, -0.15) is 0 Å². The molecule has 3 heterocycles. The molecule has 0 amide bonds. The van der Waals surface area contributed by atoms with Gasteiger partial charge in [0.1, 0.15) is 18.5 Å². The highest BCUT2D eigenvalue weighted by Crippen LogP contribution is 2.35. The molecule has 4 nitrogen and oxygen atoms in total. The van der Waals surface area contributed by atoms with Crippen molar-refractivity contribution in [3.05, 3.63) is 29.8 Å². The molecule has 3 saturated heterocycles. The van der Waals surface area contributed by atoms with E-state index in [-0.39, 0.29) is 0 Å². The number of epoxide rings is 3. The van der Waals surface area contributed by atoms with E-state index < -0.39 is 0 Å². The highest BCUT2D eigenvalue weighted by Gasteiger charge is 2.32. The second kappa shape index (κ2) is 5.35. The van der Waals surface area contributed by atoms with Gasteiger partial charge in [0, 0.05) is 0 Å². The van der Waals surface area contributed by atoms with Crippen LogP contribution in [0.25, 0.3) is 0 Å². The van der Waals surface area contributed by atoms with E-state index in [1.54, 1.807) is 0 Å². The van der Waals surface area contributed by atoms with Crippen LogP contribution in [0, 0.1) is 0 Å². The van der Waals surface area contributed by atoms with Crippen molar-refractivity contribution < 1.29 is 18.9 Å². The molecule has 3 atom stereocenters. The quantitative estimate of drug-likeness (QED) is 0.682. The second-order valence-corrected chi connectivity index (χ2v) is 5.91. The molecule has 4 rings (SSSR count). The molecule has 0 aromatic heterocycles. The molecular weight excluding hydrogens is 256 g/mol. The van der Waals surface area contributed by atoms with Gasteiger partial charge in [-0.15, -0.1) is 0 Å². The van der Waals surface area contributed by atoms with Gasteiger partial charge in [-0.1, -0.05) is 12.1 Å². The van der Waals surface area contributed by atoms with E-state index in [4.69, 9.17) is 18.9 Å². The Kier molecular flexibility index (Phi) is 3.38. The largest absolute Gasteiger partial charge is 0.491 e. The average molecular weight is 276 g/mol. The summed E-state index contributed by atoms with van der Waals surface area (Å²) < 4.78 is 21.6. The van der Waals surface area contributed by atoms with Gasteiger partial charge in [0.2, 0.25) is 0 Å². The maximum absolute atomic E-state index is 5.68. The van der Waals surface area contributed by atoms with Crippen LogP contribution in [0.3, 0.4) is 0 Å². The highest BCUT2D eigenvalue weighted by atomic mass is 16.6. The first kappa shape index (κ1) is 12.6. The second-order valence-electron chi connectivity index (χ2n) is 5.91. The smallest absolute Gasteiger partial charge is 0.119 e. The van der Waals surface area contributed by atoms with Crippen molar-refractivity contribution in [1.29, 1.82) is 0 Å². The summed E-state index contributed by atoms with van der Waals surface area (Å²) in [5, 5.41) is 0. The summed E-state index contributed by atoms with van der Waals surface area (Å²) in [6.07, 6.45) is 3.44. The molecule has 108 valence electrons. The number of ether oxygens (including phenoxy) is 4. The topological polar surface area (TPSA) is 46.8 Å². The predicted molar refractivity (Wildman–Crippen MR) is 73.1 cm³/mol. The molecule has 0 saturated carbocycles. The first-order valence-corrected chi connectivity index (χ1v) is 7.44. The third-order valence-corrected chi connectivity index (χ3v) is 4.09. The average Bonchev–Trinajstić information content (AvgIpc) is 3.32. The number of benzene rings is 1. The lowest BCUT2D eigenvalue weighted by atomic mass is 9.90. The lowest BCUT2D eigenvalue weighted by molar-refractivity contribution is 0.263. The van der Waals surface area contributed by atoms with Gasteiger partial charge >= 0.3 is 0 Å². The summed E-state index contributed by atoms with van der Waals surface area (Å²) in [5.41, 5.74) is 1.37. The minimum atomic E-state index is 0.307. The van der Waals surface area contributed by atoms with Crippen molar-refractivity contribution in [3.63, 3.8) is 0 Å². The monoisotopic (exact) mass is 276 g/mol. The number of hydrogen-bond donors (Lipinski definition) is 0. The summed E-state index contributed by atoms with van der Waals surface area (Å²) in [6, 6.07) is 8.48. The summed E-state index contributed by atoms with van der Waals surface area (Å²) >= 11 is 0. The van der Waals surface area contributed by atoms with Crippen LogP contribution in [-0.2, 0) is 14.2 Å². The predicted octanol–water partition coefficient (Wildman–Crippen LogP) is 2.13. The molecule has 1 aromatic carbocycles. The van der Waals surface area contributed by atoms with Crippen LogP contribution in [0.15, 0.2) is 24.3 Å². The van der Waals surface area contributed by atoms with E-state index in [0.29, 0.717) is 30.8 Å². The van der Waals surface area contributed by atoms with Crippen LogP contribution in [-0.4, -0.2) is 44.7 Å². The molecular formula is C16H20O4. The van der Waals surface area contributed by atoms with Gasteiger partial charge in [0.15, 0.2) is 0 Å². The molecule has 3 aliphatic rings. The SMILES string of the molecule is c1cc(C(CC2CO2)CC2CO2)ccc1OCC1CO1. The molecule has 1 aromatic rings. The Morgan fingerprint density at radius 1 is 0.900 bits per heavy atom. The summed E-state index contributed by atoms with van der Waals surface area (Å²) in [6.45, 7) is 3.34. The van der Waals surface area contributed by atoms with Gasteiger partial charge in [0.25, 0.3) is 0 Å². The number of rotatable bonds is 8. The molecule has 3 fully saturated rings. The van der Waals surface area contributed by atoms with Crippen LogP contribution in [0.5, 0.6) is 5.75 Å². The van der Waals surface area contributed by atoms with E-state index in [1.165, 1.54) is 5.56 Å². The molecule has 0 N–H and O–H groups in total. The lowest BCUT2D eigenvalue weighted by Crippen LogP contribution is -2.07. The molecule has 3 aliphatic heterocycles. The van der Waals surface area contributed by atoms with Gasteiger partial charge in [-0.3, -0.25) is 0 Å². The van der Waals surface area contributed by atoms with E-state index in [9.17, 15) is 0 Å². The maximum Gasteiger partial charge on any atom is 0.119 e.